The number of nitrogens with zero attached hydrogens (tertiary/aromatic N) is 2. The van der Waals surface area contributed by atoms with Crippen molar-refractivity contribution in [3.8, 4) is 11.8 Å². The summed E-state index contributed by atoms with van der Waals surface area (Å²) in [5, 5.41) is 10.1. The zero-order valence-corrected chi connectivity index (χ0v) is 17.0. The number of hydrogen-bond acceptors (Lipinski definition) is 5. The van der Waals surface area contributed by atoms with Gasteiger partial charge < -0.3 is 9.47 Å². The molecule has 0 saturated carbocycles. The van der Waals surface area contributed by atoms with Gasteiger partial charge in [-0.05, 0) is 61.9 Å². The van der Waals surface area contributed by atoms with Gasteiger partial charge in [-0.15, -0.1) is 0 Å². The second-order valence-electron chi connectivity index (χ2n) is 6.53. The summed E-state index contributed by atoms with van der Waals surface area (Å²) in [5.41, 5.74) is 2.39. The Balaban J connectivity index is 2.12. The number of ether oxygens (including phenoxy) is 2. The highest BCUT2D eigenvalue weighted by molar-refractivity contribution is 6.30. The predicted octanol–water partition coefficient (Wildman–Crippen LogP) is 4.30. The van der Waals surface area contributed by atoms with Crippen LogP contribution >= 0.6 is 11.6 Å². The molecule has 6 nitrogen and oxygen atoms in total. The van der Waals surface area contributed by atoms with E-state index < -0.39 is 12.1 Å². The molecule has 0 aliphatic carbocycles. The zero-order valence-electron chi connectivity index (χ0n) is 16.2. The highest BCUT2D eigenvalue weighted by Gasteiger charge is 2.23. The molecule has 0 aliphatic rings. The van der Waals surface area contributed by atoms with Crippen molar-refractivity contribution in [1.29, 1.82) is 5.26 Å². The van der Waals surface area contributed by atoms with Crippen molar-refractivity contribution < 1.29 is 19.1 Å². The number of methoxy groups -OCH3 is 1. The maximum absolute atomic E-state index is 13.2. The minimum absolute atomic E-state index is 0.0670. The van der Waals surface area contributed by atoms with Crippen LogP contribution in [0.5, 0.6) is 5.75 Å². The first-order chi connectivity index (χ1) is 13.8. The highest BCUT2D eigenvalue weighted by Crippen LogP contribution is 2.31. The molecule has 0 N–H and O–H groups in total. The molecular formula is C22H19ClN2O4. The van der Waals surface area contributed by atoms with E-state index in [2.05, 4.69) is 0 Å². The lowest BCUT2D eigenvalue weighted by Crippen LogP contribution is -2.16. The Morgan fingerprint density at radius 1 is 1.21 bits per heavy atom. The molecule has 0 radical (unpaired) electrons. The SMILES string of the molecule is COc1ccc2c(c1)c(CC(=O)O[C@H](C)C#N)c(C)n2C(=O)c1ccc(Cl)cc1. The van der Waals surface area contributed by atoms with E-state index in [9.17, 15) is 9.59 Å². The predicted molar refractivity (Wildman–Crippen MR) is 109 cm³/mol. The molecule has 1 heterocycles. The summed E-state index contributed by atoms with van der Waals surface area (Å²) in [6, 6.07) is 13.8. The van der Waals surface area contributed by atoms with Gasteiger partial charge in [-0.1, -0.05) is 11.6 Å². The fourth-order valence-corrected chi connectivity index (χ4v) is 3.33. The lowest BCUT2D eigenvalue weighted by atomic mass is 10.1. The third-order valence-electron chi connectivity index (χ3n) is 4.65. The van der Waals surface area contributed by atoms with Gasteiger partial charge in [-0.2, -0.15) is 5.26 Å². The fourth-order valence-electron chi connectivity index (χ4n) is 3.21. The Morgan fingerprint density at radius 3 is 2.52 bits per heavy atom. The molecule has 0 fully saturated rings. The number of nitriles is 1. The fraction of sp³-hybridized carbons (Fsp3) is 0.227. The molecule has 1 atom stereocenters. The average Bonchev–Trinajstić information content (AvgIpc) is 2.98. The molecule has 0 aliphatic heterocycles. The Labute approximate surface area is 173 Å². The quantitative estimate of drug-likeness (QED) is 0.586. The molecule has 0 unspecified atom stereocenters. The van der Waals surface area contributed by atoms with Crippen molar-refractivity contribution in [3.63, 3.8) is 0 Å². The third-order valence-corrected chi connectivity index (χ3v) is 4.90. The largest absolute Gasteiger partial charge is 0.497 e. The van der Waals surface area contributed by atoms with E-state index in [4.69, 9.17) is 26.3 Å². The van der Waals surface area contributed by atoms with Crippen molar-refractivity contribution in [2.45, 2.75) is 26.4 Å². The minimum Gasteiger partial charge on any atom is -0.497 e. The molecule has 29 heavy (non-hydrogen) atoms. The van der Waals surface area contributed by atoms with Gasteiger partial charge >= 0.3 is 5.97 Å². The van der Waals surface area contributed by atoms with E-state index in [0.717, 1.165) is 0 Å². The lowest BCUT2D eigenvalue weighted by molar-refractivity contribution is -0.145. The number of benzene rings is 2. The van der Waals surface area contributed by atoms with Crippen molar-refractivity contribution in [2.75, 3.05) is 7.11 Å². The first-order valence-corrected chi connectivity index (χ1v) is 9.30. The molecule has 3 aromatic rings. The van der Waals surface area contributed by atoms with E-state index in [1.807, 2.05) is 6.07 Å². The Hall–Kier alpha value is -3.30. The van der Waals surface area contributed by atoms with Crippen LogP contribution in [0.25, 0.3) is 10.9 Å². The summed E-state index contributed by atoms with van der Waals surface area (Å²) in [4.78, 5) is 25.5. The summed E-state index contributed by atoms with van der Waals surface area (Å²) in [6.07, 6.45) is -0.913. The summed E-state index contributed by atoms with van der Waals surface area (Å²) >= 11 is 5.93. The molecule has 0 saturated heterocycles. The van der Waals surface area contributed by atoms with Crippen LogP contribution in [-0.4, -0.2) is 29.7 Å². The van der Waals surface area contributed by atoms with E-state index in [1.165, 1.54) is 6.92 Å². The second-order valence-corrected chi connectivity index (χ2v) is 6.97. The van der Waals surface area contributed by atoms with Crippen LogP contribution in [0.4, 0.5) is 0 Å². The van der Waals surface area contributed by atoms with Gasteiger partial charge in [-0.3, -0.25) is 14.2 Å². The number of halogens is 1. The number of carbonyl (C=O) groups is 2. The number of rotatable bonds is 5. The molecule has 0 amide bonds. The number of hydrogen-bond donors (Lipinski definition) is 0. The van der Waals surface area contributed by atoms with Gasteiger partial charge in [0.15, 0.2) is 6.10 Å². The van der Waals surface area contributed by atoms with Crippen LogP contribution in [0, 0.1) is 18.3 Å². The Kier molecular flexibility index (Phi) is 5.90. The van der Waals surface area contributed by atoms with Crippen LogP contribution in [0.2, 0.25) is 5.02 Å². The smallest absolute Gasteiger partial charge is 0.311 e. The van der Waals surface area contributed by atoms with Gasteiger partial charge in [0.2, 0.25) is 0 Å². The minimum atomic E-state index is -0.846. The summed E-state index contributed by atoms with van der Waals surface area (Å²) < 4.78 is 12.0. The van der Waals surface area contributed by atoms with Gasteiger partial charge in [0.25, 0.3) is 5.91 Å². The molecule has 148 valence electrons. The number of esters is 1. The maximum atomic E-state index is 13.2. The van der Waals surface area contributed by atoms with Crippen LogP contribution in [0.1, 0.15) is 28.5 Å². The van der Waals surface area contributed by atoms with E-state index in [-0.39, 0.29) is 12.3 Å². The second kappa shape index (κ2) is 8.38. The molecule has 3 rings (SSSR count). The van der Waals surface area contributed by atoms with Crippen molar-refractivity contribution in [3.05, 3.63) is 64.3 Å². The number of carbonyl (C=O) groups excluding carboxylic acids is 2. The van der Waals surface area contributed by atoms with Gasteiger partial charge in [-0.25, -0.2) is 0 Å². The Morgan fingerprint density at radius 2 is 1.90 bits per heavy atom. The van der Waals surface area contributed by atoms with E-state index in [1.54, 1.807) is 61.1 Å². The summed E-state index contributed by atoms with van der Waals surface area (Å²) in [5.74, 6) is -0.170. The van der Waals surface area contributed by atoms with Crippen molar-refractivity contribution in [2.24, 2.45) is 0 Å². The van der Waals surface area contributed by atoms with Crippen LogP contribution in [0.3, 0.4) is 0 Å². The molecular weight excluding hydrogens is 392 g/mol. The summed E-state index contributed by atoms with van der Waals surface area (Å²) in [7, 11) is 1.55. The average molecular weight is 411 g/mol. The van der Waals surface area contributed by atoms with Crippen molar-refractivity contribution in [1.82, 2.24) is 4.57 Å². The molecule has 2 aromatic carbocycles. The van der Waals surface area contributed by atoms with E-state index in [0.29, 0.717) is 38.5 Å². The molecule has 0 bridgehead atoms. The first-order valence-electron chi connectivity index (χ1n) is 8.93. The molecule has 0 spiro atoms. The zero-order chi connectivity index (χ0) is 21.1. The highest BCUT2D eigenvalue weighted by atomic mass is 35.5. The Bertz CT molecular complexity index is 1130. The summed E-state index contributed by atoms with van der Waals surface area (Å²) in [6.45, 7) is 3.28. The van der Waals surface area contributed by atoms with E-state index >= 15 is 0 Å². The normalized spacial score (nSPS) is 11.7. The first kappa shape index (κ1) is 20.4. The lowest BCUT2D eigenvalue weighted by Gasteiger charge is -2.08. The number of aromatic nitrogens is 1. The van der Waals surface area contributed by atoms with Crippen LogP contribution < -0.4 is 4.74 Å². The molecule has 7 heteroatoms. The monoisotopic (exact) mass is 410 g/mol. The third kappa shape index (κ3) is 4.10. The van der Waals surface area contributed by atoms with Gasteiger partial charge in [0, 0.05) is 21.7 Å². The van der Waals surface area contributed by atoms with Crippen LogP contribution in [0.15, 0.2) is 42.5 Å². The van der Waals surface area contributed by atoms with Gasteiger partial charge in [0.05, 0.1) is 19.0 Å². The van der Waals surface area contributed by atoms with Gasteiger partial charge in [0.1, 0.15) is 11.8 Å². The standard InChI is InChI=1S/C22H19ClN2O4/c1-13(12-24)29-21(26)11-18-14(2)25(20-9-8-17(28-3)10-19(18)20)22(27)15-4-6-16(23)7-5-15/h4-10,13H,11H2,1-3H3/t13-/m1/s1. The number of fused-ring (bicyclic) bond motifs is 1. The topological polar surface area (TPSA) is 81.3 Å². The molecule has 1 aromatic heterocycles. The van der Waals surface area contributed by atoms with Crippen molar-refractivity contribution >= 4 is 34.4 Å². The maximum Gasteiger partial charge on any atom is 0.311 e. The van der Waals surface area contributed by atoms with Crippen LogP contribution in [-0.2, 0) is 16.0 Å².